The molecule has 0 spiro atoms. The third kappa shape index (κ3) is 3.57. The quantitative estimate of drug-likeness (QED) is 0.771. The first-order chi connectivity index (χ1) is 8.63. The number of carbonyl (C=O) groups is 1. The zero-order valence-corrected chi connectivity index (χ0v) is 11.5. The van der Waals surface area contributed by atoms with Crippen LogP contribution in [-0.4, -0.2) is 38.6 Å². The SMILES string of the molecule is CCCn1cncc1C(CC(=O)O)N(CC)CC. The highest BCUT2D eigenvalue weighted by Gasteiger charge is 2.24. The van der Waals surface area contributed by atoms with Crippen LogP contribution in [-0.2, 0) is 11.3 Å². The minimum Gasteiger partial charge on any atom is -0.481 e. The number of aliphatic carboxylic acids is 1. The summed E-state index contributed by atoms with van der Waals surface area (Å²) < 4.78 is 2.06. The maximum Gasteiger partial charge on any atom is 0.305 e. The monoisotopic (exact) mass is 253 g/mol. The van der Waals surface area contributed by atoms with Crippen molar-refractivity contribution in [3.05, 3.63) is 18.2 Å². The first kappa shape index (κ1) is 14.7. The van der Waals surface area contributed by atoms with E-state index in [1.165, 1.54) is 0 Å². The molecule has 1 N–H and O–H groups in total. The van der Waals surface area contributed by atoms with Crippen molar-refractivity contribution in [3.63, 3.8) is 0 Å². The van der Waals surface area contributed by atoms with Gasteiger partial charge in [-0.3, -0.25) is 9.69 Å². The van der Waals surface area contributed by atoms with E-state index in [0.717, 1.165) is 31.7 Å². The van der Waals surface area contributed by atoms with Crippen LogP contribution in [0.1, 0.15) is 45.3 Å². The molecule has 0 aliphatic carbocycles. The van der Waals surface area contributed by atoms with E-state index in [0.29, 0.717) is 0 Å². The van der Waals surface area contributed by atoms with Crippen LogP contribution in [0.3, 0.4) is 0 Å². The molecule has 0 saturated carbocycles. The number of aromatic nitrogens is 2. The van der Waals surface area contributed by atoms with Gasteiger partial charge in [0.25, 0.3) is 0 Å². The van der Waals surface area contributed by atoms with Gasteiger partial charge in [0, 0.05) is 12.7 Å². The zero-order chi connectivity index (χ0) is 13.5. The van der Waals surface area contributed by atoms with E-state index >= 15 is 0 Å². The number of hydrogen-bond donors (Lipinski definition) is 1. The Morgan fingerprint density at radius 1 is 1.44 bits per heavy atom. The fraction of sp³-hybridized carbons (Fsp3) is 0.692. The van der Waals surface area contributed by atoms with Crippen molar-refractivity contribution in [1.82, 2.24) is 14.5 Å². The van der Waals surface area contributed by atoms with Gasteiger partial charge in [-0.15, -0.1) is 0 Å². The van der Waals surface area contributed by atoms with Crippen LogP contribution in [0, 0.1) is 0 Å². The van der Waals surface area contributed by atoms with Crippen LogP contribution in [0.4, 0.5) is 0 Å². The Bertz CT molecular complexity index is 372. The van der Waals surface area contributed by atoms with Gasteiger partial charge < -0.3 is 9.67 Å². The number of nitrogens with zero attached hydrogens (tertiary/aromatic N) is 3. The average Bonchev–Trinajstić information content (AvgIpc) is 2.77. The predicted molar refractivity (Wildman–Crippen MR) is 70.4 cm³/mol. The first-order valence-electron chi connectivity index (χ1n) is 6.59. The largest absolute Gasteiger partial charge is 0.481 e. The molecule has 0 aliphatic rings. The van der Waals surface area contributed by atoms with Crippen molar-refractivity contribution < 1.29 is 9.90 Å². The number of rotatable bonds is 8. The molecule has 0 saturated heterocycles. The second-order valence-corrected chi connectivity index (χ2v) is 4.35. The van der Waals surface area contributed by atoms with Gasteiger partial charge in [0.05, 0.1) is 24.5 Å². The second-order valence-electron chi connectivity index (χ2n) is 4.35. The van der Waals surface area contributed by atoms with Crippen molar-refractivity contribution in [1.29, 1.82) is 0 Å². The van der Waals surface area contributed by atoms with Gasteiger partial charge in [-0.1, -0.05) is 20.8 Å². The van der Waals surface area contributed by atoms with E-state index in [9.17, 15) is 4.79 Å². The normalized spacial score (nSPS) is 12.9. The summed E-state index contributed by atoms with van der Waals surface area (Å²) in [6.45, 7) is 8.77. The molecule has 0 aliphatic heterocycles. The lowest BCUT2D eigenvalue weighted by atomic mass is 10.1. The van der Waals surface area contributed by atoms with Crippen molar-refractivity contribution >= 4 is 5.97 Å². The third-order valence-electron chi connectivity index (χ3n) is 3.17. The summed E-state index contributed by atoms with van der Waals surface area (Å²) in [4.78, 5) is 17.4. The summed E-state index contributed by atoms with van der Waals surface area (Å²) in [6.07, 6.45) is 4.72. The molecule has 1 rings (SSSR count). The van der Waals surface area contributed by atoms with Crippen molar-refractivity contribution in [2.75, 3.05) is 13.1 Å². The van der Waals surface area contributed by atoms with Crippen LogP contribution in [0.2, 0.25) is 0 Å². The van der Waals surface area contributed by atoms with E-state index in [4.69, 9.17) is 5.11 Å². The molecule has 0 bridgehead atoms. The fourth-order valence-electron chi connectivity index (χ4n) is 2.29. The topological polar surface area (TPSA) is 58.4 Å². The number of carboxylic acids is 1. The van der Waals surface area contributed by atoms with Gasteiger partial charge in [-0.05, 0) is 19.5 Å². The van der Waals surface area contributed by atoms with Gasteiger partial charge in [0.2, 0.25) is 0 Å². The third-order valence-corrected chi connectivity index (χ3v) is 3.17. The Labute approximate surface area is 108 Å². The lowest BCUT2D eigenvalue weighted by Crippen LogP contribution is -2.31. The first-order valence-corrected chi connectivity index (χ1v) is 6.59. The molecule has 0 radical (unpaired) electrons. The molecule has 1 atom stereocenters. The molecular weight excluding hydrogens is 230 g/mol. The minimum absolute atomic E-state index is 0.0912. The number of carboxylic acid groups (broad SMARTS) is 1. The standard InChI is InChI=1S/C13H23N3O2/c1-4-7-16-10-14-9-12(16)11(8-13(17)18)15(5-2)6-3/h9-11H,4-8H2,1-3H3,(H,17,18). The van der Waals surface area contributed by atoms with Gasteiger partial charge in [-0.2, -0.15) is 0 Å². The smallest absolute Gasteiger partial charge is 0.305 e. The average molecular weight is 253 g/mol. The highest BCUT2D eigenvalue weighted by molar-refractivity contribution is 5.67. The minimum atomic E-state index is -0.767. The summed E-state index contributed by atoms with van der Waals surface area (Å²) in [6, 6.07) is -0.0912. The van der Waals surface area contributed by atoms with Crippen LogP contribution >= 0.6 is 0 Å². The molecular formula is C13H23N3O2. The van der Waals surface area contributed by atoms with E-state index in [-0.39, 0.29) is 12.5 Å². The Balaban J connectivity index is 3.00. The number of aryl methyl sites for hydroxylation is 1. The molecule has 0 amide bonds. The zero-order valence-electron chi connectivity index (χ0n) is 11.5. The molecule has 1 unspecified atom stereocenters. The van der Waals surface area contributed by atoms with Crippen molar-refractivity contribution in [2.24, 2.45) is 0 Å². The fourth-order valence-corrected chi connectivity index (χ4v) is 2.29. The van der Waals surface area contributed by atoms with E-state index in [2.05, 4.69) is 35.2 Å². The molecule has 18 heavy (non-hydrogen) atoms. The van der Waals surface area contributed by atoms with Crippen LogP contribution in [0.5, 0.6) is 0 Å². The Morgan fingerprint density at radius 2 is 2.11 bits per heavy atom. The lowest BCUT2D eigenvalue weighted by molar-refractivity contribution is -0.138. The van der Waals surface area contributed by atoms with Crippen LogP contribution < -0.4 is 0 Å². The van der Waals surface area contributed by atoms with E-state index in [1.807, 2.05) is 0 Å². The van der Waals surface area contributed by atoms with Crippen molar-refractivity contribution in [2.45, 2.75) is 46.2 Å². The maximum absolute atomic E-state index is 11.1. The lowest BCUT2D eigenvalue weighted by Gasteiger charge is -2.29. The molecule has 102 valence electrons. The maximum atomic E-state index is 11.1. The van der Waals surface area contributed by atoms with E-state index in [1.54, 1.807) is 12.5 Å². The summed E-state index contributed by atoms with van der Waals surface area (Å²) >= 11 is 0. The Hall–Kier alpha value is -1.36. The molecule has 0 fully saturated rings. The second kappa shape index (κ2) is 7.16. The number of hydrogen-bond acceptors (Lipinski definition) is 3. The molecule has 1 heterocycles. The summed E-state index contributed by atoms with van der Waals surface area (Å²) in [7, 11) is 0. The van der Waals surface area contributed by atoms with Crippen molar-refractivity contribution in [3.8, 4) is 0 Å². The highest BCUT2D eigenvalue weighted by Crippen LogP contribution is 2.24. The van der Waals surface area contributed by atoms with Gasteiger partial charge in [-0.25, -0.2) is 4.98 Å². The van der Waals surface area contributed by atoms with Gasteiger partial charge in [0.15, 0.2) is 0 Å². The van der Waals surface area contributed by atoms with Gasteiger partial charge in [0.1, 0.15) is 0 Å². The molecule has 0 aromatic carbocycles. The Kier molecular flexibility index (Phi) is 5.85. The molecule has 5 heteroatoms. The molecule has 5 nitrogen and oxygen atoms in total. The van der Waals surface area contributed by atoms with Gasteiger partial charge >= 0.3 is 5.97 Å². The molecule has 1 aromatic rings. The molecule has 1 aromatic heterocycles. The van der Waals surface area contributed by atoms with Crippen LogP contribution in [0.25, 0.3) is 0 Å². The Morgan fingerprint density at radius 3 is 2.61 bits per heavy atom. The van der Waals surface area contributed by atoms with E-state index < -0.39 is 5.97 Å². The summed E-state index contributed by atoms with van der Waals surface area (Å²) in [5, 5.41) is 9.09. The number of imidazole rings is 1. The summed E-state index contributed by atoms with van der Waals surface area (Å²) in [5.41, 5.74) is 1.00. The van der Waals surface area contributed by atoms with Crippen LogP contribution in [0.15, 0.2) is 12.5 Å². The predicted octanol–water partition coefficient (Wildman–Crippen LogP) is 2.15. The summed E-state index contributed by atoms with van der Waals surface area (Å²) in [5.74, 6) is -0.767. The highest BCUT2D eigenvalue weighted by atomic mass is 16.4.